The van der Waals surface area contributed by atoms with Gasteiger partial charge in [0.25, 0.3) is 0 Å². The van der Waals surface area contributed by atoms with Crippen molar-refractivity contribution in [1.82, 2.24) is 5.32 Å². The van der Waals surface area contributed by atoms with Crippen LogP contribution in [0.5, 0.6) is 11.5 Å². The Kier molecular flexibility index (Phi) is 6.00. The van der Waals surface area contributed by atoms with E-state index in [9.17, 15) is 9.32 Å². The average molecular weight is 257 g/mol. The lowest BCUT2D eigenvalue weighted by Gasteiger charge is -2.10. The molecule has 0 saturated carbocycles. The Balaban J connectivity index is 2.53. The standard InChI is InChI=1S/C12H19NO3S/c1-3-16-11-6-4-5-10(12(11)14)9-13-7-8-17(2)15/h4-6,13-14H,3,7-9H2,1-2H3. The molecular weight excluding hydrogens is 238 g/mol. The summed E-state index contributed by atoms with van der Waals surface area (Å²) in [7, 11) is -0.786. The van der Waals surface area contributed by atoms with Gasteiger partial charge in [0.05, 0.1) is 6.61 Å². The van der Waals surface area contributed by atoms with Gasteiger partial charge in [-0.15, -0.1) is 0 Å². The van der Waals surface area contributed by atoms with Crippen molar-refractivity contribution in [1.29, 1.82) is 0 Å². The number of rotatable bonds is 7. The van der Waals surface area contributed by atoms with E-state index in [2.05, 4.69) is 5.32 Å². The summed E-state index contributed by atoms with van der Waals surface area (Å²) in [6, 6.07) is 5.43. The second-order valence-corrected chi connectivity index (χ2v) is 5.21. The lowest BCUT2D eigenvalue weighted by Crippen LogP contribution is -2.19. The number of benzene rings is 1. The normalized spacial score (nSPS) is 12.4. The van der Waals surface area contributed by atoms with Gasteiger partial charge in [-0.2, -0.15) is 0 Å². The van der Waals surface area contributed by atoms with Gasteiger partial charge in [-0.1, -0.05) is 12.1 Å². The number of phenolic OH excluding ortho intramolecular Hbond substituents is 1. The van der Waals surface area contributed by atoms with Crippen molar-refractivity contribution in [3.8, 4) is 11.5 Å². The van der Waals surface area contributed by atoms with Crippen LogP contribution in [0.1, 0.15) is 12.5 Å². The summed E-state index contributed by atoms with van der Waals surface area (Å²) in [5, 5.41) is 13.0. The van der Waals surface area contributed by atoms with Crippen LogP contribution in [0.2, 0.25) is 0 Å². The Morgan fingerprint density at radius 1 is 1.47 bits per heavy atom. The summed E-state index contributed by atoms with van der Waals surface area (Å²) in [4.78, 5) is 0. The Morgan fingerprint density at radius 3 is 2.88 bits per heavy atom. The van der Waals surface area contributed by atoms with Gasteiger partial charge in [0.1, 0.15) is 0 Å². The molecule has 0 heterocycles. The first-order valence-electron chi connectivity index (χ1n) is 5.59. The number of aromatic hydroxyl groups is 1. The Bertz CT molecular complexity index is 382. The number of phenols is 1. The molecule has 1 atom stereocenters. The van der Waals surface area contributed by atoms with Gasteiger partial charge in [0.2, 0.25) is 0 Å². The van der Waals surface area contributed by atoms with Crippen LogP contribution >= 0.6 is 0 Å². The minimum atomic E-state index is -0.786. The summed E-state index contributed by atoms with van der Waals surface area (Å²) in [6.45, 7) is 3.62. The lowest BCUT2D eigenvalue weighted by atomic mass is 10.2. The molecule has 1 aromatic rings. The van der Waals surface area contributed by atoms with Gasteiger partial charge >= 0.3 is 0 Å². The Labute approximate surface area is 104 Å². The zero-order valence-corrected chi connectivity index (χ0v) is 11.0. The van der Waals surface area contributed by atoms with Gasteiger partial charge in [-0.05, 0) is 13.0 Å². The molecule has 17 heavy (non-hydrogen) atoms. The van der Waals surface area contributed by atoms with Crippen LogP contribution in [0.15, 0.2) is 18.2 Å². The number of ether oxygens (including phenoxy) is 1. The third kappa shape index (κ3) is 4.75. The van der Waals surface area contributed by atoms with Gasteiger partial charge in [0.15, 0.2) is 11.5 Å². The van der Waals surface area contributed by atoms with E-state index >= 15 is 0 Å². The van der Waals surface area contributed by atoms with Crippen LogP contribution in [0.3, 0.4) is 0 Å². The van der Waals surface area contributed by atoms with E-state index in [4.69, 9.17) is 4.74 Å². The zero-order valence-electron chi connectivity index (χ0n) is 10.2. The highest BCUT2D eigenvalue weighted by molar-refractivity contribution is 7.84. The van der Waals surface area contributed by atoms with Crippen LogP contribution in [-0.4, -0.2) is 34.5 Å². The van der Waals surface area contributed by atoms with Crippen molar-refractivity contribution in [2.24, 2.45) is 0 Å². The molecular formula is C12H19NO3S. The molecule has 0 aromatic heterocycles. The molecule has 0 bridgehead atoms. The van der Waals surface area contributed by atoms with E-state index in [0.717, 1.165) is 5.56 Å². The molecule has 0 fully saturated rings. The summed E-state index contributed by atoms with van der Waals surface area (Å²) >= 11 is 0. The molecule has 0 saturated heterocycles. The van der Waals surface area contributed by atoms with Crippen LogP contribution in [0, 0.1) is 0 Å². The molecule has 96 valence electrons. The fourth-order valence-electron chi connectivity index (χ4n) is 1.42. The highest BCUT2D eigenvalue weighted by Crippen LogP contribution is 2.29. The lowest BCUT2D eigenvalue weighted by molar-refractivity contribution is 0.316. The maximum absolute atomic E-state index is 10.9. The maximum atomic E-state index is 10.9. The molecule has 5 heteroatoms. The molecule has 4 nitrogen and oxygen atoms in total. The summed E-state index contributed by atoms with van der Waals surface area (Å²) in [5.41, 5.74) is 0.790. The molecule has 2 N–H and O–H groups in total. The van der Waals surface area contributed by atoms with Crippen molar-refractivity contribution in [2.45, 2.75) is 13.5 Å². The molecule has 0 aliphatic rings. The predicted octanol–water partition coefficient (Wildman–Crippen LogP) is 1.26. The first kappa shape index (κ1) is 14.0. The molecule has 0 aliphatic heterocycles. The molecule has 1 rings (SSSR count). The monoisotopic (exact) mass is 257 g/mol. The average Bonchev–Trinajstić information content (AvgIpc) is 2.29. The molecule has 1 aromatic carbocycles. The first-order chi connectivity index (χ1) is 8.15. The molecule has 0 spiro atoms. The van der Waals surface area contributed by atoms with E-state index in [1.807, 2.05) is 19.1 Å². The third-order valence-electron chi connectivity index (χ3n) is 2.26. The summed E-state index contributed by atoms with van der Waals surface area (Å²) in [5.74, 6) is 1.30. The molecule has 1 unspecified atom stereocenters. The molecule has 0 amide bonds. The smallest absolute Gasteiger partial charge is 0.162 e. The summed E-state index contributed by atoms with van der Waals surface area (Å²) < 4.78 is 16.2. The van der Waals surface area contributed by atoms with E-state index in [1.165, 1.54) is 0 Å². The van der Waals surface area contributed by atoms with Crippen LogP contribution in [-0.2, 0) is 17.3 Å². The summed E-state index contributed by atoms with van der Waals surface area (Å²) in [6.07, 6.45) is 1.68. The minimum absolute atomic E-state index is 0.180. The SMILES string of the molecule is CCOc1cccc(CNCCS(C)=O)c1O. The fraction of sp³-hybridized carbons (Fsp3) is 0.500. The molecule has 0 radical (unpaired) electrons. The number of hydrogen-bond donors (Lipinski definition) is 2. The fourth-order valence-corrected chi connectivity index (χ4v) is 1.85. The topological polar surface area (TPSA) is 58.6 Å². The number of nitrogens with one attached hydrogen (secondary N) is 1. The number of para-hydroxylation sites is 1. The van der Waals surface area contributed by atoms with Crippen LogP contribution in [0.4, 0.5) is 0 Å². The van der Waals surface area contributed by atoms with Crippen molar-refractivity contribution in [3.63, 3.8) is 0 Å². The minimum Gasteiger partial charge on any atom is -0.504 e. The van der Waals surface area contributed by atoms with Crippen molar-refractivity contribution >= 4 is 10.8 Å². The quantitative estimate of drug-likeness (QED) is 0.722. The van der Waals surface area contributed by atoms with Crippen molar-refractivity contribution in [3.05, 3.63) is 23.8 Å². The van der Waals surface area contributed by atoms with E-state index in [1.54, 1.807) is 12.3 Å². The van der Waals surface area contributed by atoms with Crippen molar-refractivity contribution < 1.29 is 14.1 Å². The highest BCUT2D eigenvalue weighted by atomic mass is 32.2. The van der Waals surface area contributed by atoms with Gasteiger partial charge in [-0.25, -0.2) is 0 Å². The Morgan fingerprint density at radius 2 is 2.24 bits per heavy atom. The van der Waals surface area contributed by atoms with Crippen LogP contribution < -0.4 is 10.1 Å². The Hall–Kier alpha value is -1.07. The van der Waals surface area contributed by atoms with Crippen molar-refractivity contribution in [2.75, 3.05) is 25.2 Å². The third-order valence-corrected chi connectivity index (χ3v) is 3.04. The molecule has 0 aliphatic carbocycles. The van der Waals surface area contributed by atoms with E-state index in [-0.39, 0.29) is 5.75 Å². The van der Waals surface area contributed by atoms with Gasteiger partial charge in [0, 0.05) is 41.5 Å². The maximum Gasteiger partial charge on any atom is 0.162 e. The second kappa shape index (κ2) is 7.29. The zero-order chi connectivity index (χ0) is 12.7. The van der Waals surface area contributed by atoms with E-state index in [0.29, 0.717) is 31.2 Å². The highest BCUT2D eigenvalue weighted by Gasteiger charge is 2.06. The first-order valence-corrected chi connectivity index (χ1v) is 7.32. The van der Waals surface area contributed by atoms with Gasteiger partial charge < -0.3 is 15.2 Å². The second-order valence-electron chi connectivity index (χ2n) is 3.65. The van der Waals surface area contributed by atoms with E-state index < -0.39 is 10.8 Å². The predicted molar refractivity (Wildman–Crippen MR) is 69.9 cm³/mol. The van der Waals surface area contributed by atoms with Gasteiger partial charge in [-0.3, -0.25) is 4.21 Å². The van der Waals surface area contributed by atoms with Crippen LogP contribution in [0.25, 0.3) is 0 Å². The largest absolute Gasteiger partial charge is 0.504 e. The number of hydrogen-bond acceptors (Lipinski definition) is 4.